The minimum atomic E-state index is -0.786. The van der Waals surface area contributed by atoms with Crippen molar-refractivity contribution >= 4 is 34.8 Å². The molecule has 0 fully saturated rings. The van der Waals surface area contributed by atoms with E-state index in [9.17, 15) is 5.11 Å². The van der Waals surface area contributed by atoms with Crippen LogP contribution >= 0.6 is 34.8 Å². The van der Waals surface area contributed by atoms with Gasteiger partial charge in [-0.05, 0) is 17.7 Å². The number of hydrogen-bond donors (Lipinski definition) is 1. The number of hydrogen-bond acceptors (Lipinski definition) is 2. The molecule has 1 atom stereocenters. The third-order valence-electron chi connectivity index (χ3n) is 3.00. The van der Waals surface area contributed by atoms with Gasteiger partial charge in [0, 0.05) is 23.1 Å². The Balaban J connectivity index is 2.28. The number of aliphatic hydroxyl groups is 1. The van der Waals surface area contributed by atoms with E-state index in [0.717, 1.165) is 5.56 Å². The highest BCUT2D eigenvalue weighted by Gasteiger charge is 2.16. The largest absolute Gasteiger partial charge is 0.495 e. The first-order chi connectivity index (χ1) is 9.52. The number of halogens is 3. The maximum Gasteiger partial charge on any atom is 0.138 e. The van der Waals surface area contributed by atoms with Gasteiger partial charge >= 0.3 is 0 Å². The van der Waals surface area contributed by atoms with Gasteiger partial charge in [-0.1, -0.05) is 53.0 Å². The molecule has 0 heterocycles. The average Bonchev–Trinajstić information content (AvgIpc) is 2.43. The first kappa shape index (κ1) is 15.5. The van der Waals surface area contributed by atoms with E-state index in [4.69, 9.17) is 39.5 Å². The summed E-state index contributed by atoms with van der Waals surface area (Å²) in [7, 11) is 1.51. The second-order valence-corrected chi connectivity index (χ2v) is 5.54. The first-order valence-corrected chi connectivity index (χ1v) is 7.10. The quantitative estimate of drug-likeness (QED) is 0.860. The molecule has 0 aliphatic heterocycles. The van der Waals surface area contributed by atoms with Gasteiger partial charge in [-0.25, -0.2) is 0 Å². The minimum Gasteiger partial charge on any atom is -0.495 e. The average molecular weight is 332 g/mol. The van der Waals surface area contributed by atoms with Crippen LogP contribution in [0.4, 0.5) is 0 Å². The van der Waals surface area contributed by atoms with Crippen molar-refractivity contribution in [2.75, 3.05) is 7.11 Å². The highest BCUT2D eigenvalue weighted by molar-refractivity contribution is 6.34. The van der Waals surface area contributed by atoms with Gasteiger partial charge in [0.15, 0.2) is 0 Å². The van der Waals surface area contributed by atoms with Crippen molar-refractivity contribution in [3.05, 3.63) is 62.6 Å². The van der Waals surface area contributed by atoms with Gasteiger partial charge in [-0.2, -0.15) is 0 Å². The molecular weight excluding hydrogens is 319 g/mol. The Morgan fingerprint density at radius 1 is 1.05 bits per heavy atom. The van der Waals surface area contributed by atoms with Crippen molar-refractivity contribution in [2.24, 2.45) is 0 Å². The molecule has 2 rings (SSSR count). The van der Waals surface area contributed by atoms with Gasteiger partial charge < -0.3 is 9.84 Å². The molecule has 1 unspecified atom stereocenters. The first-order valence-electron chi connectivity index (χ1n) is 5.97. The molecule has 20 heavy (non-hydrogen) atoms. The fourth-order valence-electron chi connectivity index (χ4n) is 1.94. The zero-order chi connectivity index (χ0) is 14.7. The molecule has 2 aromatic carbocycles. The molecular formula is C15H13Cl3O2. The van der Waals surface area contributed by atoms with E-state index in [1.807, 2.05) is 18.2 Å². The summed E-state index contributed by atoms with van der Waals surface area (Å²) in [4.78, 5) is 0. The Morgan fingerprint density at radius 2 is 1.75 bits per heavy atom. The zero-order valence-corrected chi connectivity index (χ0v) is 13.0. The number of rotatable bonds is 4. The van der Waals surface area contributed by atoms with Gasteiger partial charge in [-0.15, -0.1) is 0 Å². The highest BCUT2D eigenvalue weighted by Crippen LogP contribution is 2.35. The molecule has 0 spiro atoms. The topological polar surface area (TPSA) is 29.5 Å². The van der Waals surface area contributed by atoms with E-state index in [1.54, 1.807) is 18.2 Å². The van der Waals surface area contributed by atoms with Crippen LogP contribution in [-0.4, -0.2) is 12.2 Å². The highest BCUT2D eigenvalue weighted by atomic mass is 35.5. The van der Waals surface area contributed by atoms with Gasteiger partial charge in [0.25, 0.3) is 0 Å². The predicted octanol–water partition coefficient (Wildman–Crippen LogP) is 4.93. The SMILES string of the molecule is COc1cc(Cl)c(C(O)Cc2ccccc2Cl)cc1Cl. The van der Waals surface area contributed by atoms with Gasteiger partial charge in [-0.3, -0.25) is 0 Å². The Hall–Kier alpha value is -0.930. The van der Waals surface area contributed by atoms with Crippen molar-refractivity contribution < 1.29 is 9.84 Å². The Bertz CT molecular complexity index is 614. The molecule has 0 saturated heterocycles. The van der Waals surface area contributed by atoms with E-state index < -0.39 is 6.10 Å². The fraction of sp³-hybridized carbons (Fsp3) is 0.200. The second kappa shape index (κ2) is 6.68. The molecule has 106 valence electrons. The molecule has 5 heteroatoms. The molecule has 0 saturated carbocycles. The smallest absolute Gasteiger partial charge is 0.138 e. The fourth-order valence-corrected chi connectivity index (χ4v) is 2.68. The van der Waals surface area contributed by atoms with E-state index in [1.165, 1.54) is 7.11 Å². The van der Waals surface area contributed by atoms with Crippen molar-refractivity contribution in [3.63, 3.8) is 0 Å². The van der Waals surface area contributed by atoms with Gasteiger partial charge in [0.2, 0.25) is 0 Å². The Labute approximate surface area is 132 Å². The Morgan fingerprint density at radius 3 is 2.40 bits per heavy atom. The van der Waals surface area contributed by atoms with E-state index in [-0.39, 0.29) is 0 Å². The molecule has 2 aromatic rings. The molecule has 0 aliphatic carbocycles. The molecule has 0 amide bonds. The summed E-state index contributed by atoms with van der Waals surface area (Å²) in [5.41, 5.74) is 1.40. The lowest BCUT2D eigenvalue weighted by Gasteiger charge is -2.15. The van der Waals surface area contributed by atoms with Crippen LogP contribution in [0.3, 0.4) is 0 Å². The molecule has 0 radical (unpaired) electrons. The van der Waals surface area contributed by atoms with Crippen LogP contribution in [0.15, 0.2) is 36.4 Å². The van der Waals surface area contributed by atoms with Crippen molar-refractivity contribution in [3.8, 4) is 5.75 Å². The summed E-state index contributed by atoms with van der Waals surface area (Å²) in [5.74, 6) is 0.477. The normalized spacial score (nSPS) is 12.2. The maximum atomic E-state index is 10.3. The van der Waals surface area contributed by atoms with Crippen LogP contribution in [0, 0.1) is 0 Å². The van der Waals surface area contributed by atoms with Gasteiger partial charge in [0.05, 0.1) is 23.3 Å². The summed E-state index contributed by atoms with van der Waals surface area (Å²) in [5, 5.41) is 11.8. The third-order valence-corrected chi connectivity index (χ3v) is 3.99. The summed E-state index contributed by atoms with van der Waals surface area (Å²) in [6, 6.07) is 10.6. The standard InChI is InChI=1S/C15H13Cl3O2/c1-20-15-8-12(17)10(7-13(15)18)14(19)6-9-4-2-3-5-11(9)16/h2-5,7-8,14,19H,6H2,1H3. The second-order valence-electron chi connectivity index (χ2n) is 4.32. The van der Waals surface area contributed by atoms with Gasteiger partial charge in [0.1, 0.15) is 5.75 Å². The van der Waals surface area contributed by atoms with Crippen LogP contribution in [-0.2, 0) is 6.42 Å². The van der Waals surface area contributed by atoms with Crippen LogP contribution in [0.25, 0.3) is 0 Å². The number of ether oxygens (including phenoxy) is 1. The summed E-state index contributed by atoms with van der Waals surface area (Å²) in [6.45, 7) is 0. The van der Waals surface area contributed by atoms with E-state index in [2.05, 4.69) is 0 Å². The van der Waals surface area contributed by atoms with Crippen LogP contribution in [0.5, 0.6) is 5.75 Å². The zero-order valence-electron chi connectivity index (χ0n) is 10.7. The lowest BCUT2D eigenvalue weighted by Crippen LogP contribution is -2.03. The molecule has 0 aliphatic rings. The predicted molar refractivity (Wildman–Crippen MR) is 83.1 cm³/mol. The minimum absolute atomic E-state index is 0.363. The number of aliphatic hydroxyl groups excluding tert-OH is 1. The van der Waals surface area contributed by atoms with E-state index >= 15 is 0 Å². The Kier molecular flexibility index (Phi) is 5.17. The molecule has 0 bridgehead atoms. The maximum absolute atomic E-state index is 10.3. The number of benzene rings is 2. The molecule has 1 N–H and O–H groups in total. The summed E-state index contributed by atoms with van der Waals surface area (Å²) in [6.07, 6.45) is -0.423. The van der Waals surface area contributed by atoms with Crippen molar-refractivity contribution in [1.82, 2.24) is 0 Å². The molecule has 2 nitrogen and oxygen atoms in total. The third kappa shape index (κ3) is 3.39. The van der Waals surface area contributed by atoms with Crippen molar-refractivity contribution in [1.29, 1.82) is 0 Å². The summed E-state index contributed by atoms with van der Waals surface area (Å²) < 4.78 is 5.08. The monoisotopic (exact) mass is 330 g/mol. The summed E-state index contributed by atoms with van der Waals surface area (Å²) >= 11 is 18.3. The lowest BCUT2D eigenvalue weighted by molar-refractivity contribution is 0.178. The number of methoxy groups -OCH3 is 1. The van der Waals surface area contributed by atoms with Crippen LogP contribution in [0.2, 0.25) is 15.1 Å². The van der Waals surface area contributed by atoms with Crippen LogP contribution < -0.4 is 4.74 Å². The van der Waals surface area contributed by atoms with Crippen molar-refractivity contribution in [2.45, 2.75) is 12.5 Å². The molecule has 0 aromatic heterocycles. The van der Waals surface area contributed by atoms with E-state index in [0.29, 0.717) is 32.8 Å². The van der Waals surface area contributed by atoms with Crippen LogP contribution in [0.1, 0.15) is 17.2 Å². The lowest BCUT2D eigenvalue weighted by atomic mass is 10.0.